The maximum Gasteiger partial charge on any atom is 0.288 e. The minimum absolute atomic E-state index is 0.116. The van der Waals surface area contributed by atoms with E-state index in [9.17, 15) is 18.8 Å². The minimum Gasteiger partial charge on any atom is -0.457 e. The van der Waals surface area contributed by atoms with Gasteiger partial charge in [-0.05, 0) is 72.3 Å². The fourth-order valence-corrected chi connectivity index (χ4v) is 3.16. The van der Waals surface area contributed by atoms with E-state index in [1.165, 1.54) is 30.3 Å². The number of nitriles is 1. The third-order valence-corrected chi connectivity index (χ3v) is 4.90. The van der Waals surface area contributed by atoms with E-state index in [0.29, 0.717) is 44.4 Å². The molecular weight excluding hydrogens is 442 g/mol. The van der Waals surface area contributed by atoms with Crippen LogP contribution in [0.1, 0.15) is 5.56 Å². The Morgan fingerprint density at radius 2 is 1.77 bits per heavy atom. The van der Waals surface area contributed by atoms with Crippen molar-refractivity contribution in [3.8, 4) is 17.6 Å². The summed E-state index contributed by atoms with van der Waals surface area (Å²) in [7, 11) is 0. The molecule has 3 aromatic rings. The number of halogens is 3. The molecule has 0 spiro atoms. The first-order valence-electron chi connectivity index (χ1n) is 8.94. The Kier molecular flexibility index (Phi) is 7.65. The van der Waals surface area contributed by atoms with Gasteiger partial charge in [-0.3, -0.25) is 4.79 Å². The second-order valence-electron chi connectivity index (χ2n) is 6.16. The quantitative estimate of drug-likeness (QED) is 0.236. The Labute approximate surface area is 187 Å². The molecule has 1 N–H and O–H groups in total. The van der Waals surface area contributed by atoms with Gasteiger partial charge in [0.15, 0.2) is 0 Å². The number of nitrogens with zero attached hydrogens (tertiary/aromatic N) is 1. The number of carbonyl (C=O) groups excluding carboxylic acids is 1. The van der Waals surface area contributed by atoms with Crippen LogP contribution in [0.3, 0.4) is 0 Å². The summed E-state index contributed by atoms with van der Waals surface area (Å²) in [6.07, 6.45) is 1.44. The van der Waals surface area contributed by atoms with Gasteiger partial charge in [0.05, 0.1) is 0 Å². The normalized spacial score (nSPS) is 11.1. The fraction of sp³-hybridized carbons (Fsp3) is 0.0435. The number of carbonyl (C=O) groups is 1. The van der Waals surface area contributed by atoms with Crippen molar-refractivity contribution in [3.05, 3.63) is 89.0 Å². The van der Waals surface area contributed by atoms with Gasteiger partial charge in [-0.25, -0.2) is 0 Å². The summed E-state index contributed by atoms with van der Waals surface area (Å²) in [5, 5.41) is 12.6. The lowest BCUT2D eigenvalue weighted by molar-refractivity contribution is -0.112. The summed E-state index contributed by atoms with van der Waals surface area (Å²) in [5.74, 6) is -2.01. The van der Waals surface area contributed by atoms with E-state index in [2.05, 4.69) is 5.32 Å². The van der Waals surface area contributed by atoms with Crippen LogP contribution in [0.15, 0.2) is 83.3 Å². The molecule has 0 unspecified atom stereocenters. The Morgan fingerprint density at radius 1 is 1.06 bits per heavy atom. The van der Waals surface area contributed by atoms with E-state index in [-0.39, 0.29) is 5.57 Å². The molecule has 0 bridgehead atoms. The maximum atomic E-state index is 12.4. The van der Waals surface area contributed by atoms with Crippen LogP contribution < -0.4 is 10.1 Å². The van der Waals surface area contributed by atoms with Crippen LogP contribution in [0.25, 0.3) is 6.08 Å². The summed E-state index contributed by atoms with van der Waals surface area (Å²) < 4.78 is 30.5. The number of ether oxygens (including phenoxy) is 1. The summed E-state index contributed by atoms with van der Waals surface area (Å²) in [6.45, 7) is 0. The first kappa shape index (κ1) is 22.3. The molecular formula is C23H15ClF2N2O2S. The van der Waals surface area contributed by atoms with E-state index in [0.717, 1.165) is 0 Å². The van der Waals surface area contributed by atoms with E-state index in [1.54, 1.807) is 48.5 Å². The summed E-state index contributed by atoms with van der Waals surface area (Å²) in [6, 6.07) is 21.6. The standard InChI is InChI=1S/C23H15ClF2N2O2S/c24-17-4-8-19(9-5-17)30-20-3-1-2-15(13-20)12-16(14-27)22(29)28-18-6-10-21(11-7-18)31-23(25)26/h1-13,23H,(H,28,29). The number of nitrogens with one attached hydrogen (secondary N) is 1. The molecule has 0 atom stereocenters. The van der Waals surface area contributed by atoms with Crippen molar-refractivity contribution in [3.63, 3.8) is 0 Å². The van der Waals surface area contributed by atoms with E-state index < -0.39 is 11.7 Å². The van der Waals surface area contributed by atoms with Crippen LogP contribution in [0.2, 0.25) is 5.02 Å². The molecule has 0 radical (unpaired) electrons. The highest BCUT2D eigenvalue weighted by Crippen LogP contribution is 2.27. The molecule has 8 heteroatoms. The van der Waals surface area contributed by atoms with Crippen LogP contribution in [-0.4, -0.2) is 11.7 Å². The lowest BCUT2D eigenvalue weighted by Crippen LogP contribution is -2.13. The van der Waals surface area contributed by atoms with Gasteiger partial charge < -0.3 is 10.1 Å². The second kappa shape index (κ2) is 10.6. The maximum absolute atomic E-state index is 12.4. The van der Waals surface area contributed by atoms with Gasteiger partial charge >= 0.3 is 0 Å². The first-order valence-corrected chi connectivity index (χ1v) is 10.2. The van der Waals surface area contributed by atoms with Gasteiger partial charge in [-0.2, -0.15) is 14.0 Å². The zero-order valence-corrected chi connectivity index (χ0v) is 17.5. The van der Waals surface area contributed by atoms with Crippen LogP contribution in [0.5, 0.6) is 11.5 Å². The largest absolute Gasteiger partial charge is 0.457 e. The molecule has 0 saturated carbocycles. The Hall–Kier alpha value is -3.34. The molecule has 0 aliphatic heterocycles. The van der Waals surface area contributed by atoms with Crippen LogP contribution in [-0.2, 0) is 4.79 Å². The number of hydrogen-bond donors (Lipinski definition) is 1. The molecule has 0 fully saturated rings. The van der Waals surface area contributed by atoms with Crippen molar-refractivity contribution in [2.45, 2.75) is 10.7 Å². The molecule has 0 saturated heterocycles. The SMILES string of the molecule is N#CC(=Cc1cccc(Oc2ccc(Cl)cc2)c1)C(=O)Nc1ccc(SC(F)F)cc1. The van der Waals surface area contributed by atoms with Crippen LogP contribution in [0.4, 0.5) is 14.5 Å². The Balaban J connectivity index is 1.71. The topological polar surface area (TPSA) is 62.1 Å². The Bertz CT molecular complexity index is 1130. The van der Waals surface area contributed by atoms with Crippen LogP contribution >= 0.6 is 23.4 Å². The van der Waals surface area contributed by atoms with Crippen LogP contribution in [0, 0.1) is 11.3 Å². The van der Waals surface area contributed by atoms with Gasteiger partial charge in [0.2, 0.25) is 0 Å². The molecule has 0 aliphatic rings. The highest BCUT2D eigenvalue weighted by atomic mass is 35.5. The lowest BCUT2D eigenvalue weighted by atomic mass is 10.1. The average molecular weight is 457 g/mol. The van der Waals surface area contributed by atoms with Crippen molar-refractivity contribution in [2.75, 3.05) is 5.32 Å². The molecule has 3 aromatic carbocycles. The van der Waals surface area contributed by atoms with Crippen molar-refractivity contribution in [1.29, 1.82) is 5.26 Å². The molecule has 31 heavy (non-hydrogen) atoms. The van der Waals surface area contributed by atoms with Crippen molar-refractivity contribution in [2.24, 2.45) is 0 Å². The van der Waals surface area contributed by atoms with E-state index >= 15 is 0 Å². The monoisotopic (exact) mass is 456 g/mol. The first-order chi connectivity index (χ1) is 14.9. The molecule has 1 amide bonds. The number of benzene rings is 3. The molecule has 3 rings (SSSR count). The number of anilines is 1. The zero-order chi connectivity index (χ0) is 22.2. The average Bonchev–Trinajstić information content (AvgIpc) is 2.75. The Morgan fingerprint density at radius 3 is 2.42 bits per heavy atom. The fourth-order valence-electron chi connectivity index (χ4n) is 2.54. The van der Waals surface area contributed by atoms with Crippen molar-refractivity contribution < 1.29 is 18.3 Å². The second-order valence-corrected chi connectivity index (χ2v) is 7.66. The predicted octanol–water partition coefficient (Wildman–Crippen LogP) is 6.99. The van der Waals surface area contributed by atoms with Gasteiger partial charge in [0, 0.05) is 15.6 Å². The number of amides is 1. The molecule has 156 valence electrons. The highest BCUT2D eigenvalue weighted by Gasteiger charge is 2.11. The van der Waals surface area contributed by atoms with Gasteiger partial charge in [0.25, 0.3) is 11.7 Å². The van der Waals surface area contributed by atoms with Crippen molar-refractivity contribution >= 4 is 41.0 Å². The zero-order valence-electron chi connectivity index (χ0n) is 15.9. The summed E-state index contributed by atoms with van der Waals surface area (Å²) in [5.41, 5.74) is 0.876. The van der Waals surface area contributed by atoms with E-state index in [1.807, 2.05) is 6.07 Å². The minimum atomic E-state index is -2.52. The van der Waals surface area contributed by atoms with Gasteiger partial charge in [-0.15, -0.1) is 0 Å². The number of rotatable bonds is 7. The van der Waals surface area contributed by atoms with E-state index in [4.69, 9.17) is 16.3 Å². The molecule has 0 aliphatic carbocycles. The predicted molar refractivity (Wildman–Crippen MR) is 118 cm³/mol. The highest BCUT2D eigenvalue weighted by molar-refractivity contribution is 7.99. The number of alkyl halides is 2. The number of thioether (sulfide) groups is 1. The molecule has 0 heterocycles. The smallest absolute Gasteiger partial charge is 0.288 e. The van der Waals surface area contributed by atoms with Gasteiger partial charge in [0.1, 0.15) is 23.1 Å². The third kappa shape index (κ3) is 6.85. The van der Waals surface area contributed by atoms with Crippen molar-refractivity contribution in [1.82, 2.24) is 0 Å². The lowest BCUT2D eigenvalue weighted by Gasteiger charge is -2.07. The molecule has 0 aromatic heterocycles. The number of hydrogen-bond acceptors (Lipinski definition) is 4. The summed E-state index contributed by atoms with van der Waals surface area (Å²) in [4.78, 5) is 12.8. The third-order valence-electron chi connectivity index (χ3n) is 3.92. The van der Waals surface area contributed by atoms with Gasteiger partial charge in [-0.1, -0.05) is 35.5 Å². The summed E-state index contributed by atoms with van der Waals surface area (Å²) >= 11 is 6.28. The molecule has 4 nitrogen and oxygen atoms in total.